The van der Waals surface area contributed by atoms with Crippen molar-refractivity contribution in [3.05, 3.63) is 59.7 Å². The lowest BCUT2D eigenvalue weighted by atomic mass is 9.80. The number of unbranched alkanes of at least 4 members (excludes halogenated alkanes) is 1. The minimum absolute atomic E-state index is 0. The van der Waals surface area contributed by atoms with Gasteiger partial charge in [0.15, 0.2) is 0 Å². The van der Waals surface area contributed by atoms with Crippen LogP contribution < -0.4 is 9.64 Å². The summed E-state index contributed by atoms with van der Waals surface area (Å²) >= 11 is 0. The third kappa shape index (κ3) is 8.27. The van der Waals surface area contributed by atoms with E-state index in [1.807, 2.05) is 14.1 Å². The Labute approximate surface area is 208 Å². The van der Waals surface area contributed by atoms with E-state index in [2.05, 4.69) is 41.0 Å². The van der Waals surface area contributed by atoms with Crippen LogP contribution in [0.2, 0.25) is 0 Å². The summed E-state index contributed by atoms with van der Waals surface area (Å²) in [5.41, 5.74) is 1.82. The van der Waals surface area contributed by atoms with Gasteiger partial charge in [-0.15, -0.1) is 24.8 Å². The topological polar surface area (TPSA) is 15.7 Å². The summed E-state index contributed by atoms with van der Waals surface area (Å²) < 4.78 is 44.4. The highest BCUT2D eigenvalue weighted by molar-refractivity contribution is 5.85. The average molecular weight is 507 g/mol. The van der Waals surface area contributed by atoms with E-state index in [0.717, 1.165) is 38.2 Å². The fourth-order valence-corrected chi connectivity index (χ4v) is 4.26. The predicted octanol–water partition coefficient (Wildman–Crippen LogP) is 6.90. The van der Waals surface area contributed by atoms with Crippen LogP contribution in [0.4, 0.5) is 18.9 Å². The normalized spacial score (nSPS) is 18.7. The Morgan fingerprint density at radius 2 is 1.64 bits per heavy atom. The zero-order valence-corrected chi connectivity index (χ0v) is 21.1. The van der Waals surface area contributed by atoms with Gasteiger partial charge < -0.3 is 14.5 Å². The van der Waals surface area contributed by atoms with Gasteiger partial charge in [0.25, 0.3) is 0 Å². The second-order valence-corrected chi connectivity index (χ2v) is 8.63. The molecule has 1 aliphatic heterocycles. The molecule has 0 aromatic heterocycles. The summed E-state index contributed by atoms with van der Waals surface area (Å²) in [5, 5.41) is 0. The van der Waals surface area contributed by atoms with Crippen molar-refractivity contribution in [1.29, 1.82) is 0 Å². The fraction of sp³-hybridized carbons (Fsp3) is 0.520. The van der Waals surface area contributed by atoms with Gasteiger partial charge in [0.1, 0.15) is 5.75 Å². The fourth-order valence-electron chi connectivity index (χ4n) is 4.26. The van der Waals surface area contributed by atoms with Crippen LogP contribution in [-0.4, -0.2) is 45.2 Å². The Morgan fingerprint density at radius 3 is 2.18 bits per heavy atom. The molecule has 0 amide bonds. The number of hydrogen-bond donors (Lipinski definition) is 0. The Hall–Kier alpha value is -1.63. The van der Waals surface area contributed by atoms with Crippen molar-refractivity contribution in [2.45, 2.75) is 38.3 Å². The Bertz CT molecular complexity index is 814. The molecule has 0 spiro atoms. The van der Waals surface area contributed by atoms with Gasteiger partial charge in [-0.2, -0.15) is 13.2 Å². The summed E-state index contributed by atoms with van der Waals surface area (Å²) in [4.78, 5) is 4.58. The molecule has 186 valence electrons. The first-order valence-corrected chi connectivity index (χ1v) is 11.1. The number of halogens is 5. The lowest BCUT2D eigenvalue weighted by Gasteiger charge is -2.39. The van der Waals surface area contributed by atoms with E-state index >= 15 is 0 Å². The van der Waals surface area contributed by atoms with E-state index in [1.54, 1.807) is 0 Å². The number of ether oxygens (including phenoxy) is 1. The second kappa shape index (κ2) is 13.3. The van der Waals surface area contributed by atoms with Gasteiger partial charge in [-0.25, -0.2) is 0 Å². The van der Waals surface area contributed by atoms with Crippen molar-refractivity contribution in [1.82, 2.24) is 4.90 Å². The average Bonchev–Trinajstić information content (AvgIpc) is 2.76. The molecule has 0 aliphatic carbocycles. The molecule has 3 nitrogen and oxygen atoms in total. The van der Waals surface area contributed by atoms with Crippen molar-refractivity contribution in [2.24, 2.45) is 5.92 Å². The quantitative estimate of drug-likeness (QED) is 0.387. The Balaban J connectivity index is 0.00000272. The molecular weight excluding hydrogens is 472 g/mol. The molecule has 0 saturated carbocycles. The second-order valence-electron chi connectivity index (χ2n) is 8.63. The number of alkyl halides is 3. The van der Waals surface area contributed by atoms with Gasteiger partial charge in [-0.05, 0) is 73.8 Å². The highest BCUT2D eigenvalue weighted by Gasteiger charge is 2.32. The van der Waals surface area contributed by atoms with E-state index in [-0.39, 0.29) is 30.7 Å². The third-order valence-corrected chi connectivity index (χ3v) is 6.13. The summed E-state index contributed by atoms with van der Waals surface area (Å²) in [7, 11) is 4.06. The Morgan fingerprint density at radius 1 is 1.00 bits per heavy atom. The van der Waals surface area contributed by atoms with Crippen LogP contribution in [0.1, 0.15) is 43.2 Å². The van der Waals surface area contributed by atoms with Crippen LogP contribution in [0.25, 0.3) is 0 Å². The lowest BCUT2D eigenvalue weighted by molar-refractivity contribution is -0.137. The summed E-state index contributed by atoms with van der Waals surface area (Å²) in [6.07, 6.45) is -0.926. The smallest absolute Gasteiger partial charge is 0.416 e. The van der Waals surface area contributed by atoms with Crippen molar-refractivity contribution in [2.75, 3.05) is 45.2 Å². The van der Waals surface area contributed by atoms with Gasteiger partial charge in [-0.3, -0.25) is 0 Å². The maximum absolute atomic E-state index is 12.8. The highest BCUT2D eigenvalue weighted by atomic mass is 35.5. The number of rotatable bonds is 8. The lowest BCUT2D eigenvalue weighted by Crippen LogP contribution is -2.42. The van der Waals surface area contributed by atoms with Gasteiger partial charge in [0.05, 0.1) is 12.2 Å². The SMILES string of the molecule is CCCCN1CC[C@@H](c2ccc(N(C)C)cc2)[C@H](COc2ccc(C(F)(F)F)cc2)C1.Cl.Cl. The molecule has 8 heteroatoms. The van der Waals surface area contributed by atoms with Crippen LogP contribution in [0.3, 0.4) is 0 Å². The van der Waals surface area contributed by atoms with Crippen LogP contribution >= 0.6 is 24.8 Å². The molecule has 2 aromatic rings. The predicted molar refractivity (Wildman–Crippen MR) is 134 cm³/mol. The zero-order chi connectivity index (χ0) is 22.4. The molecule has 0 radical (unpaired) electrons. The first-order chi connectivity index (χ1) is 14.8. The van der Waals surface area contributed by atoms with E-state index in [4.69, 9.17) is 4.74 Å². The van der Waals surface area contributed by atoms with E-state index < -0.39 is 11.7 Å². The molecule has 3 rings (SSSR count). The first-order valence-electron chi connectivity index (χ1n) is 11.1. The highest BCUT2D eigenvalue weighted by Crippen LogP contribution is 2.35. The standard InChI is InChI=1S/C25H33F3N2O.2ClH/c1-4-5-15-30-16-14-24(19-6-10-22(11-7-19)29(2)3)20(17-30)18-31-23-12-8-21(9-13-23)25(26,27)28;;/h6-13,20,24H,4-5,14-18H2,1-3H3;2*1H/t20-,24-;;/m0../s1. The maximum atomic E-state index is 12.8. The maximum Gasteiger partial charge on any atom is 0.416 e. The number of hydrogen-bond acceptors (Lipinski definition) is 3. The van der Waals surface area contributed by atoms with Crippen LogP contribution in [0.15, 0.2) is 48.5 Å². The number of piperidine rings is 1. The molecule has 1 aliphatic rings. The van der Waals surface area contributed by atoms with Gasteiger partial charge in [-0.1, -0.05) is 25.5 Å². The summed E-state index contributed by atoms with van der Waals surface area (Å²) in [6.45, 7) is 5.79. The van der Waals surface area contributed by atoms with Crippen LogP contribution in [-0.2, 0) is 6.18 Å². The first kappa shape index (κ1) is 29.4. The van der Waals surface area contributed by atoms with Crippen molar-refractivity contribution >= 4 is 30.5 Å². The van der Waals surface area contributed by atoms with Crippen LogP contribution in [0, 0.1) is 5.92 Å². The molecule has 1 heterocycles. The summed E-state index contributed by atoms with van der Waals surface area (Å²) in [5.74, 6) is 1.15. The third-order valence-electron chi connectivity index (χ3n) is 6.13. The minimum atomic E-state index is -4.33. The largest absolute Gasteiger partial charge is 0.493 e. The van der Waals surface area contributed by atoms with Gasteiger partial charge in [0.2, 0.25) is 0 Å². The van der Waals surface area contributed by atoms with E-state index in [9.17, 15) is 13.2 Å². The molecular formula is C25H35Cl2F3N2O. The zero-order valence-electron chi connectivity index (χ0n) is 19.5. The molecule has 0 N–H and O–H groups in total. The van der Waals surface area contributed by atoms with E-state index in [0.29, 0.717) is 18.3 Å². The number of benzene rings is 2. The summed E-state index contributed by atoms with van der Waals surface area (Å²) in [6, 6.07) is 13.7. The molecule has 0 bridgehead atoms. The number of anilines is 1. The van der Waals surface area contributed by atoms with Crippen LogP contribution in [0.5, 0.6) is 5.75 Å². The monoisotopic (exact) mass is 506 g/mol. The number of likely N-dealkylation sites (tertiary alicyclic amines) is 1. The number of nitrogens with zero attached hydrogens (tertiary/aromatic N) is 2. The molecule has 1 fully saturated rings. The molecule has 2 aromatic carbocycles. The van der Waals surface area contributed by atoms with Gasteiger partial charge in [0, 0.05) is 32.2 Å². The van der Waals surface area contributed by atoms with Crippen molar-refractivity contribution < 1.29 is 17.9 Å². The van der Waals surface area contributed by atoms with Crippen molar-refractivity contribution in [3.8, 4) is 5.75 Å². The molecule has 0 unspecified atom stereocenters. The Kier molecular flexibility index (Phi) is 11.9. The molecule has 1 saturated heterocycles. The minimum Gasteiger partial charge on any atom is -0.493 e. The molecule has 33 heavy (non-hydrogen) atoms. The van der Waals surface area contributed by atoms with Crippen molar-refractivity contribution in [3.63, 3.8) is 0 Å². The molecule has 2 atom stereocenters. The van der Waals surface area contributed by atoms with E-state index in [1.165, 1.54) is 36.2 Å². The van der Waals surface area contributed by atoms with Gasteiger partial charge >= 0.3 is 6.18 Å².